The number of aryl methyl sites for hydroxylation is 2. The summed E-state index contributed by atoms with van der Waals surface area (Å²) in [5.74, 6) is 0.308. The first-order valence-electron chi connectivity index (χ1n) is 7.87. The van der Waals surface area contributed by atoms with Crippen LogP contribution in [0.1, 0.15) is 56.1 Å². The van der Waals surface area contributed by atoms with Crippen LogP contribution in [0.25, 0.3) is 0 Å². The first kappa shape index (κ1) is 16.2. The van der Waals surface area contributed by atoms with Crippen molar-refractivity contribution in [2.24, 2.45) is 0 Å². The fraction of sp³-hybridized carbons (Fsp3) is 0.412. The molecule has 0 aromatic carbocycles. The van der Waals surface area contributed by atoms with Crippen molar-refractivity contribution < 1.29 is 9.59 Å². The lowest BCUT2D eigenvalue weighted by molar-refractivity contribution is 0.0730. The van der Waals surface area contributed by atoms with Crippen molar-refractivity contribution in [3.8, 4) is 0 Å². The predicted octanol–water partition coefficient (Wildman–Crippen LogP) is 1.42. The van der Waals surface area contributed by atoms with Gasteiger partial charge in [-0.15, -0.1) is 0 Å². The highest BCUT2D eigenvalue weighted by atomic mass is 16.2. The van der Waals surface area contributed by atoms with Gasteiger partial charge < -0.3 is 14.9 Å². The molecule has 0 radical (unpaired) electrons. The van der Waals surface area contributed by atoms with Gasteiger partial charge in [0.25, 0.3) is 11.5 Å². The number of hydrogen-bond acceptors (Lipinski definition) is 4. The maximum atomic E-state index is 12.9. The lowest BCUT2D eigenvalue weighted by atomic mass is 10.0. The number of aromatic nitrogens is 3. The molecule has 7 heteroatoms. The maximum absolute atomic E-state index is 12.9. The Kier molecular flexibility index (Phi) is 3.87. The van der Waals surface area contributed by atoms with Crippen molar-refractivity contribution in [3.63, 3.8) is 0 Å². The molecule has 0 saturated heterocycles. The van der Waals surface area contributed by atoms with E-state index in [2.05, 4.69) is 15.0 Å². The van der Waals surface area contributed by atoms with Crippen LogP contribution in [0.4, 0.5) is 0 Å². The third-order valence-corrected chi connectivity index (χ3v) is 4.48. The van der Waals surface area contributed by atoms with Gasteiger partial charge in [-0.25, -0.2) is 4.98 Å². The molecule has 0 fully saturated rings. The Hall–Kier alpha value is -2.70. The average Bonchev–Trinajstić information content (AvgIpc) is 2.81. The third-order valence-electron chi connectivity index (χ3n) is 4.48. The second-order valence-corrected chi connectivity index (χ2v) is 6.23. The van der Waals surface area contributed by atoms with Crippen molar-refractivity contribution in [3.05, 3.63) is 50.0 Å². The zero-order valence-corrected chi connectivity index (χ0v) is 14.2. The summed E-state index contributed by atoms with van der Waals surface area (Å²) in [6, 6.07) is 0. The van der Waals surface area contributed by atoms with Crippen LogP contribution in [-0.4, -0.2) is 38.1 Å². The summed E-state index contributed by atoms with van der Waals surface area (Å²) in [7, 11) is 0. The highest BCUT2D eigenvalue weighted by Crippen LogP contribution is 2.23. The van der Waals surface area contributed by atoms with Crippen molar-refractivity contribution in [2.45, 2.75) is 40.7 Å². The lowest BCUT2D eigenvalue weighted by Gasteiger charge is -2.28. The SMILES string of the molecule is CC(=O)c1[nH]c(C)c(C(=O)N2CCc3c(nc(C)[nH]c3=O)C2)c1C. The topological polar surface area (TPSA) is 98.9 Å². The molecule has 1 aliphatic rings. The van der Waals surface area contributed by atoms with Crippen molar-refractivity contribution in [1.82, 2.24) is 19.9 Å². The minimum atomic E-state index is -0.140. The number of nitrogens with zero attached hydrogens (tertiary/aromatic N) is 2. The first-order valence-corrected chi connectivity index (χ1v) is 7.87. The van der Waals surface area contributed by atoms with Crippen LogP contribution in [0, 0.1) is 20.8 Å². The molecule has 0 bridgehead atoms. The summed E-state index contributed by atoms with van der Waals surface area (Å²) >= 11 is 0. The van der Waals surface area contributed by atoms with E-state index in [0.29, 0.717) is 59.1 Å². The number of Topliss-reactive ketones (excluding diaryl/α,β-unsaturated/α-hetero) is 1. The van der Waals surface area contributed by atoms with E-state index in [9.17, 15) is 14.4 Å². The fourth-order valence-electron chi connectivity index (χ4n) is 3.32. The molecule has 0 unspecified atom stereocenters. The van der Waals surface area contributed by atoms with Gasteiger partial charge >= 0.3 is 0 Å². The number of hydrogen-bond donors (Lipinski definition) is 2. The van der Waals surface area contributed by atoms with Gasteiger partial charge in [0.1, 0.15) is 5.82 Å². The van der Waals surface area contributed by atoms with Crippen LogP contribution in [0.15, 0.2) is 4.79 Å². The number of ketones is 1. The van der Waals surface area contributed by atoms with Crippen LogP contribution >= 0.6 is 0 Å². The van der Waals surface area contributed by atoms with Crippen molar-refractivity contribution >= 4 is 11.7 Å². The average molecular weight is 328 g/mol. The molecule has 0 saturated carbocycles. The van der Waals surface area contributed by atoms with Crippen LogP contribution in [0.3, 0.4) is 0 Å². The van der Waals surface area contributed by atoms with E-state index in [1.54, 1.807) is 25.7 Å². The zero-order chi connectivity index (χ0) is 17.6. The molecule has 2 aromatic heterocycles. The third kappa shape index (κ3) is 2.55. The maximum Gasteiger partial charge on any atom is 0.256 e. The molecule has 7 nitrogen and oxygen atoms in total. The summed E-state index contributed by atoms with van der Waals surface area (Å²) < 4.78 is 0. The van der Waals surface area contributed by atoms with Crippen molar-refractivity contribution in [1.29, 1.82) is 0 Å². The molecule has 0 aliphatic carbocycles. The predicted molar refractivity (Wildman–Crippen MR) is 88.3 cm³/mol. The molecule has 0 spiro atoms. The van der Waals surface area contributed by atoms with E-state index in [-0.39, 0.29) is 17.2 Å². The van der Waals surface area contributed by atoms with Gasteiger partial charge in [0.15, 0.2) is 5.78 Å². The summed E-state index contributed by atoms with van der Waals surface area (Å²) in [6.07, 6.45) is 0.478. The van der Waals surface area contributed by atoms with Gasteiger partial charge in [0.05, 0.1) is 23.5 Å². The fourth-order valence-corrected chi connectivity index (χ4v) is 3.32. The van der Waals surface area contributed by atoms with Gasteiger partial charge in [-0.3, -0.25) is 14.4 Å². The first-order chi connectivity index (χ1) is 11.3. The Morgan fingerprint density at radius 3 is 2.50 bits per heavy atom. The molecule has 1 amide bonds. The van der Waals surface area contributed by atoms with Gasteiger partial charge in [-0.2, -0.15) is 0 Å². The Bertz CT molecular complexity index is 907. The lowest BCUT2D eigenvalue weighted by Crippen LogP contribution is -2.39. The van der Waals surface area contributed by atoms with E-state index < -0.39 is 0 Å². The largest absolute Gasteiger partial charge is 0.355 e. The monoisotopic (exact) mass is 328 g/mol. The zero-order valence-electron chi connectivity index (χ0n) is 14.2. The van der Waals surface area contributed by atoms with E-state index in [0.717, 1.165) is 0 Å². The molecule has 24 heavy (non-hydrogen) atoms. The number of aromatic amines is 2. The minimum Gasteiger partial charge on any atom is -0.355 e. The second kappa shape index (κ2) is 5.74. The smallest absolute Gasteiger partial charge is 0.256 e. The molecule has 2 N–H and O–H groups in total. The number of nitrogens with one attached hydrogen (secondary N) is 2. The molecule has 3 rings (SSSR count). The number of fused-ring (bicyclic) bond motifs is 1. The quantitative estimate of drug-likeness (QED) is 0.815. The van der Waals surface area contributed by atoms with Crippen LogP contribution in [0.2, 0.25) is 0 Å². The number of rotatable bonds is 2. The van der Waals surface area contributed by atoms with Gasteiger partial charge in [0.2, 0.25) is 0 Å². The second-order valence-electron chi connectivity index (χ2n) is 6.23. The summed E-state index contributed by atoms with van der Waals surface area (Å²) in [4.78, 5) is 48.3. The Labute approximate surface area is 139 Å². The summed E-state index contributed by atoms with van der Waals surface area (Å²) in [5.41, 5.74) is 3.53. The van der Waals surface area contributed by atoms with E-state index in [1.165, 1.54) is 6.92 Å². The molecule has 1 aliphatic heterocycles. The van der Waals surface area contributed by atoms with Crippen molar-refractivity contribution in [2.75, 3.05) is 6.54 Å². The van der Waals surface area contributed by atoms with Gasteiger partial charge in [-0.1, -0.05) is 0 Å². The van der Waals surface area contributed by atoms with Crippen LogP contribution < -0.4 is 5.56 Å². The normalized spacial score (nSPS) is 13.8. The standard InChI is InChI=1S/C17H20N4O3/c1-8-14(9(2)18-15(8)10(3)22)17(24)21-6-5-12-13(7-21)19-11(4)20-16(12)23/h18H,5-7H2,1-4H3,(H,19,20,23). The minimum absolute atomic E-state index is 0.0949. The molecular formula is C17H20N4O3. The number of amides is 1. The van der Waals surface area contributed by atoms with Gasteiger partial charge in [-0.05, 0) is 32.8 Å². The molecule has 126 valence electrons. The summed E-state index contributed by atoms with van der Waals surface area (Å²) in [5, 5.41) is 0. The number of H-pyrrole nitrogens is 2. The van der Waals surface area contributed by atoms with E-state index in [1.807, 2.05) is 0 Å². The number of carbonyl (C=O) groups excluding carboxylic acids is 2. The van der Waals surface area contributed by atoms with E-state index >= 15 is 0 Å². The Morgan fingerprint density at radius 1 is 1.17 bits per heavy atom. The molecule has 0 atom stereocenters. The Morgan fingerprint density at radius 2 is 1.88 bits per heavy atom. The highest BCUT2D eigenvalue weighted by molar-refractivity contribution is 6.02. The molecular weight excluding hydrogens is 308 g/mol. The van der Waals surface area contributed by atoms with Crippen LogP contribution in [-0.2, 0) is 13.0 Å². The summed E-state index contributed by atoms with van der Waals surface area (Å²) in [6.45, 7) is 7.53. The Balaban J connectivity index is 1.95. The molecule has 2 aromatic rings. The molecule has 3 heterocycles. The van der Waals surface area contributed by atoms with Crippen LogP contribution in [0.5, 0.6) is 0 Å². The van der Waals surface area contributed by atoms with Gasteiger partial charge in [0, 0.05) is 24.7 Å². The highest BCUT2D eigenvalue weighted by Gasteiger charge is 2.28. The van der Waals surface area contributed by atoms with E-state index in [4.69, 9.17) is 0 Å². The number of carbonyl (C=O) groups is 2.